The van der Waals surface area contributed by atoms with Crippen molar-refractivity contribution in [1.29, 1.82) is 0 Å². The second-order valence-electron chi connectivity index (χ2n) is 3.30. The molecule has 1 saturated carbocycles. The third kappa shape index (κ3) is 1.50. The molecule has 2 nitrogen and oxygen atoms in total. The van der Waals surface area contributed by atoms with E-state index in [1.54, 1.807) is 7.11 Å². The van der Waals surface area contributed by atoms with E-state index in [9.17, 15) is 0 Å². The first-order valence-electron chi connectivity index (χ1n) is 3.93. The molecule has 0 spiro atoms. The van der Waals surface area contributed by atoms with Crippen LogP contribution in [0.3, 0.4) is 0 Å². The number of hydrogen-bond acceptors (Lipinski definition) is 2. The molecule has 1 aliphatic carbocycles. The molecule has 60 valence electrons. The van der Waals surface area contributed by atoms with Gasteiger partial charge in [-0.05, 0) is 12.8 Å². The summed E-state index contributed by atoms with van der Waals surface area (Å²) in [6, 6.07) is 0. The van der Waals surface area contributed by atoms with Gasteiger partial charge in [-0.1, -0.05) is 12.8 Å². The summed E-state index contributed by atoms with van der Waals surface area (Å²) >= 11 is 0. The number of ether oxygens (including phenoxy) is 1. The molecule has 0 atom stereocenters. The van der Waals surface area contributed by atoms with Crippen LogP contribution in [0.1, 0.15) is 25.7 Å². The van der Waals surface area contributed by atoms with Gasteiger partial charge in [0.15, 0.2) is 0 Å². The number of aliphatic hydroxyl groups excluding tert-OH is 1. The van der Waals surface area contributed by atoms with Crippen LogP contribution in [-0.2, 0) is 4.74 Å². The largest absolute Gasteiger partial charge is 0.396 e. The topological polar surface area (TPSA) is 29.5 Å². The van der Waals surface area contributed by atoms with Crippen LogP contribution in [0.25, 0.3) is 0 Å². The zero-order chi connectivity index (χ0) is 7.45. The van der Waals surface area contributed by atoms with Gasteiger partial charge >= 0.3 is 0 Å². The molecule has 0 unspecified atom stereocenters. The van der Waals surface area contributed by atoms with Crippen LogP contribution in [0.4, 0.5) is 0 Å². The highest BCUT2D eigenvalue weighted by Crippen LogP contribution is 2.37. The molecule has 0 heterocycles. The van der Waals surface area contributed by atoms with E-state index in [0.29, 0.717) is 6.61 Å². The van der Waals surface area contributed by atoms with Crippen LogP contribution < -0.4 is 0 Å². The highest BCUT2D eigenvalue weighted by molar-refractivity contribution is 4.83. The average molecular weight is 144 g/mol. The van der Waals surface area contributed by atoms with Gasteiger partial charge in [0.05, 0.1) is 13.2 Å². The van der Waals surface area contributed by atoms with Crippen molar-refractivity contribution >= 4 is 0 Å². The molecular weight excluding hydrogens is 128 g/mol. The molecule has 1 N–H and O–H groups in total. The van der Waals surface area contributed by atoms with Gasteiger partial charge < -0.3 is 9.84 Å². The lowest BCUT2D eigenvalue weighted by Gasteiger charge is -2.24. The molecular formula is C8H16O2. The molecule has 0 aromatic heterocycles. The number of aliphatic hydroxyl groups is 1. The Morgan fingerprint density at radius 2 is 2.00 bits per heavy atom. The molecule has 1 rings (SSSR count). The molecule has 10 heavy (non-hydrogen) atoms. The van der Waals surface area contributed by atoms with Gasteiger partial charge in [-0.15, -0.1) is 0 Å². The maximum atomic E-state index is 9.07. The van der Waals surface area contributed by atoms with Crippen LogP contribution in [0.2, 0.25) is 0 Å². The lowest BCUT2D eigenvalue weighted by molar-refractivity contribution is 0.0343. The predicted octanol–water partition coefficient (Wildman–Crippen LogP) is 1.19. The highest BCUT2D eigenvalue weighted by atomic mass is 16.5. The van der Waals surface area contributed by atoms with Crippen LogP contribution in [0.5, 0.6) is 0 Å². The van der Waals surface area contributed by atoms with Gasteiger partial charge in [-0.3, -0.25) is 0 Å². The van der Waals surface area contributed by atoms with Crippen molar-refractivity contribution in [2.45, 2.75) is 25.7 Å². The van der Waals surface area contributed by atoms with Crippen LogP contribution in [0, 0.1) is 5.41 Å². The minimum absolute atomic E-state index is 0.120. The minimum Gasteiger partial charge on any atom is -0.396 e. The van der Waals surface area contributed by atoms with E-state index < -0.39 is 0 Å². The Hall–Kier alpha value is -0.0800. The van der Waals surface area contributed by atoms with Crippen molar-refractivity contribution in [3.63, 3.8) is 0 Å². The summed E-state index contributed by atoms with van der Waals surface area (Å²) in [7, 11) is 1.70. The molecule has 0 aromatic rings. The van der Waals surface area contributed by atoms with E-state index in [1.165, 1.54) is 12.8 Å². The normalized spacial score (nSPS) is 23.4. The Morgan fingerprint density at radius 1 is 1.40 bits per heavy atom. The first-order chi connectivity index (χ1) is 4.83. The van der Waals surface area contributed by atoms with Crippen molar-refractivity contribution in [3.8, 4) is 0 Å². The molecule has 0 radical (unpaired) electrons. The molecule has 0 bridgehead atoms. The van der Waals surface area contributed by atoms with Crippen molar-refractivity contribution in [2.75, 3.05) is 20.3 Å². The zero-order valence-electron chi connectivity index (χ0n) is 6.60. The predicted molar refractivity (Wildman–Crippen MR) is 39.9 cm³/mol. The highest BCUT2D eigenvalue weighted by Gasteiger charge is 2.32. The van der Waals surface area contributed by atoms with E-state index in [1.807, 2.05) is 0 Å². The van der Waals surface area contributed by atoms with Crippen molar-refractivity contribution in [3.05, 3.63) is 0 Å². The van der Waals surface area contributed by atoms with E-state index in [2.05, 4.69) is 0 Å². The van der Waals surface area contributed by atoms with Gasteiger partial charge in [-0.2, -0.15) is 0 Å². The van der Waals surface area contributed by atoms with Crippen LogP contribution in [0.15, 0.2) is 0 Å². The molecule has 0 saturated heterocycles. The summed E-state index contributed by atoms with van der Waals surface area (Å²) in [6.07, 6.45) is 4.78. The van der Waals surface area contributed by atoms with Crippen molar-refractivity contribution < 1.29 is 9.84 Å². The smallest absolute Gasteiger partial charge is 0.0540 e. The quantitative estimate of drug-likeness (QED) is 0.644. The molecule has 0 amide bonds. The lowest BCUT2D eigenvalue weighted by atomic mass is 9.88. The fraction of sp³-hybridized carbons (Fsp3) is 1.00. The van der Waals surface area contributed by atoms with E-state index in [-0.39, 0.29) is 5.41 Å². The summed E-state index contributed by atoms with van der Waals surface area (Å²) in [6.45, 7) is 1.02. The Labute approximate surface area is 62.2 Å². The van der Waals surface area contributed by atoms with Gasteiger partial charge in [-0.25, -0.2) is 0 Å². The summed E-state index contributed by atoms with van der Waals surface area (Å²) in [5.41, 5.74) is 0.120. The van der Waals surface area contributed by atoms with E-state index in [4.69, 9.17) is 9.84 Å². The molecule has 0 aliphatic heterocycles. The summed E-state index contributed by atoms with van der Waals surface area (Å²) in [5, 5.41) is 9.07. The third-order valence-corrected chi connectivity index (χ3v) is 2.45. The average Bonchev–Trinajstić information content (AvgIpc) is 2.39. The molecule has 1 fully saturated rings. The Kier molecular flexibility index (Phi) is 2.69. The molecule has 1 aliphatic rings. The second kappa shape index (κ2) is 3.35. The van der Waals surface area contributed by atoms with E-state index >= 15 is 0 Å². The summed E-state index contributed by atoms with van der Waals surface area (Å²) < 4.78 is 5.06. The first-order valence-corrected chi connectivity index (χ1v) is 3.93. The maximum absolute atomic E-state index is 9.07. The van der Waals surface area contributed by atoms with Gasteiger partial charge in [0, 0.05) is 12.5 Å². The number of methoxy groups -OCH3 is 1. The summed E-state index contributed by atoms with van der Waals surface area (Å²) in [5.74, 6) is 0. The van der Waals surface area contributed by atoms with Crippen LogP contribution in [-0.4, -0.2) is 25.4 Å². The molecule has 2 heteroatoms. The Bertz CT molecular complexity index is 95.4. The monoisotopic (exact) mass is 144 g/mol. The van der Waals surface area contributed by atoms with Gasteiger partial charge in [0.2, 0.25) is 0 Å². The van der Waals surface area contributed by atoms with Gasteiger partial charge in [0.25, 0.3) is 0 Å². The van der Waals surface area contributed by atoms with Crippen LogP contribution >= 0.6 is 0 Å². The fourth-order valence-corrected chi connectivity index (χ4v) is 1.78. The van der Waals surface area contributed by atoms with Crippen molar-refractivity contribution in [1.82, 2.24) is 0 Å². The Morgan fingerprint density at radius 3 is 2.40 bits per heavy atom. The van der Waals surface area contributed by atoms with E-state index in [0.717, 1.165) is 19.4 Å². The number of rotatable bonds is 3. The zero-order valence-corrected chi connectivity index (χ0v) is 6.60. The fourth-order valence-electron chi connectivity index (χ4n) is 1.78. The number of hydrogen-bond donors (Lipinski definition) is 1. The minimum atomic E-state index is 0.120. The third-order valence-electron chi connectivity index (χ3n) is 2.45. The van der Waals surface area contributed by atoms with Gasteiger partial charge in [0.1, 0.15) is 0 Å². The Balaban J connectivity index is 2.41. The lowest BCUT2D eigenvalue weighted by Crippen LogP contribution is -2.26. The summed E-state index contributed by atoms with van der Waals surface area (Å²) in [4.78, 5) is 0. The maximum Gasteiger partial charge on any atom is 0.0540 e. The van der Waals surface area contributed by atoms with Crippen molar-refractivity contribution in [2.24, 2.45) is 5.41 Å². The standard InChI is InChI=1S/C8H16O2/c1-10-7-8(6-9)4-2-3-5-8/h9H,2-7H2,1H3. The SMILES string of the molecule is COCC1(CO)CCCC1. The molecule has 0 aromatic carbocycles. The first kappa shape index (κ1) is 8.02. The second-order valence-corrected chi connectivity index (χ2v) is 3.30.